The highest BCUT2D eigenvalue weighted by atomic mass is 35.5. The van der Waals surface area contributed by atoms with Crippen molar-refractivity contribution in [1.82, 2.24) is 5.32 Å². The van der Waals surface area contributed by atoms with Gasteiger partial charge in [-0.05, 0) is 61.9 Å². The Morgan fingerprint density at radius 3 is 2.19 bits per heavy atom. The molecule has 0 unspecified atom stereocenters. The van der Waals surface area contributed by atoms with Gasteiger partial charge in [0, 0.05) is 29.5 Å². The van der Waals surface area contributed by atoms with Gasteiger partial charge in [0.25, 0.3) is 5.91 Å². The lowest BCUT2D eigenvalue weighted by Gasteiger charge is -2.12. The Balaban J connectivity index is 1.57. The second kappa shape index (κ2) is 10.5. The smallest absolute Gasteiger partial charge is 0.319 e. The van der Waals surface area contributed by atoms with Gasteiger partial charge < -0.3 is 21.3 Å². The number of rotatable bonds is 7. The van der Waals surface area contributed by atoms with E-state index in [1.807, 2.05) is 50.2 Å². The molecule has 0 aliphatic rings. The van der Waals surface area contributed by atoms with Gasteiger partial charge in [-0.1, -0.05) is 41.9 Å². The van der Waals surface area contributed by atoms with Crippen molar-refractivity contribution in [3.05, 3.63) is 88.9 Å². The van der Waals surface area contributed by atoms with E-state index in [-0.39, 0.29) is 18.0 Å². The van der Waals surface area contributed by atoms with Crippen LogP contribution in [0, 0.1) is 0 Å². The molecule has 3 aromatic carbocycles. The van der Waals surface area contributed by atoms with Crippen LogP contribution in [0.5, 0.6) is 0 Å². The Bertz CT molecular complexity index is 1040. The van der Waals surface area contributed by atoms with Crippen molar-refractivity contribution >= 4 is 40.6 Å². The number of amides is 3. The third-order valence-corrected chi connectivity index (χ3v) is 4.69. The van der Waals surface area contributed by atoms with Crippen LogP contribution in [0.15, 0.2) is 72.8 Å². The van der Waals surface area contributed by atoms with Crippen LogP contribution in [0.4, 0.5) is 21.9 Å². The molecule has 3 aromatic rings. The molecule has 3 amide bonds. The lowest BCUT2D eigenvalue weighted by Crippen LogP contribution is -2.34. The zero-order valence-corrected chi connectivity index (χ0v) is 18.2. The van der Waals surface area contributed by atoms with Crippen LogP contribution in [-0.2, 0) is 6.54 Å². The molecule has 0 radical (unpaired) electrons. The number of anilines is 3. The molecule has 0 bridgehead atoms. The first kappa shape index (κ1) is 22.2. The molecule has 0 fully saturated rings. The first-order valence-corrected chi connectivity index (χ1v) is 10.3. The van der Waals surface area contributed by atoms with E-state index in [0.29, 0.717) is 28.5 Å². The molecule has 0 aliphatic carbocycles. The lowest BCUT2D eigenvalue weighted by molar-refractivity contribution is 0.102. The van der Waals surface area contributed by atoms with E-state index in [1.54, 1.807) is 36.4 Å². The average Bonchev–Trinajstić information content (AvgIpc) is 2.74. The molecule has 0 atom stereocenters. The highest BCUT2D eigenvalue weighted by Gasteiger charge is 2.09. The van der Waals surface area contributed by atoms with Crippen LogP contribution in [0.1, 0.15) is 29.8 Å². The molecular weight excluding hydrogens is 412 g/mol. The van der Waals surface area contributed by atoms with Crippen molar-refractivity contribution in [2.45, 2.75) is 26.4 Å². The molecule has 6 nitrogen and oxygen atoms in total. The predicted octanol–water partition coefficient (Wildman–Crippen LogP) is 5.73. The number of halogens is 1. The maximum Gasteiger partial charge on any atom is 0.319 e. The van der Waals surface area contributed by atoms with Gasteiger partial charge in [0.1, 0.15) is 0 Å². The van der Waals surface area contributed by atoms with Gasteiger partial charge in [-0.2, -0.15) is 0 Å². The van der Waals surface area contributed by atoms with Crippen molar-refractivity contribution in [2.24, 2.45) is 0 Å². The molecule has 0 saturated carbocycles. The van der Waals surface area contributed by atoms with Gasteiger partial charge in [0.05, 0.1) is 10.7 Å². The second-order valence-corrected chi connectivity index (χ2v) is 7.73. The standard InChI is InChI=1S/C24H25ClN4O2/c1-16(2)27-24(31)29-19-10-8-18(9-11-19)23(30)28-20-12-13-22(21(25)14-20)26-15-17-6-4-3-5-7-17/h3-14,16,26H,15H2,1-2H3,(H,28,30)(H2,27,29,31). The summed E-state index contributed by atoms with van der Waals surface area (Å²) in [6, 6.07) is 21.8. The normalized spacial score (nSPS) is 10.5. The highest BCUT2D eigenvalue weighted by Crippen LogP contribution is 2.26. The molecule has 7 heteroatoms. The molecule has 0 aliphatic heterocycles. The van der Waals surface area contributed by atoms with E-state index in [2.05, 4.69) is 21.3 Å². The van der Waals surface area contributed by atoms with Crippen molar-refractivity contribution in [1.29, 1.82) is 0 Å². The summed E-state index contributed by atoms with van der Waals surface area (Å²) in [7, 11) is 0. The summed E-state index contributed by atoms with van der Waals surface area (Å²) in [6.45, 7) is 4.41. The lowest BCUT2D eigenvalue weighted by atomic mass is 10.2. The van der Waals surface area contributed by atoms with Gasteiger partial charge in [-0.25, -0.2) is 4.79 Å². The molecule has 0 aromatic heterocycles. The summed E-state index contributed by atoms with van der Waals surface area (Å²) in [5, 5.41) is 12.1. The van der Waals surface area contributed by atoms with Crippen molar-refractivity contribution in [3.63, 3.8) is 0 Å². The molecular formula is C24H25ClN4O2. The van der Waals surface area contributed by atoms with Gasteiger partial charge in [-0.3, -0.25) is 4.79 Å². The average molecular weight is 437 g/mol. The minimum atomic E-state index is -0.289. The largest absolute Gasteiger partial charge is 0.380 e. The summed E-state index contributed by atoms with van der Waals surface area (Å²) in [5.74, 6) is -0.265. The molecule has 0 spiro atoms. The molecule has 31 heavy (non-hydrogen) atoms. The van der Waals surface area contributed by atoms with Crippen molar-refractivity contribution in [2.75, 3.05) is 16.0 Å². The predicted molar refractivity (Wildman–Crippen MR) is 127 cm³/mol. The zero-order valence-electron chi connectivity index (χ0n) is 17.4. The van der Waals surface area contributed by atoms with Crippen LogP contribution in [0.3, 0.4) is 0 Å². The maximum atomic E-state index is 12.5. The third kappa shape index (κ3) is 6.76. The Morgan fingerprint density at radius 1 is 0.871 bits per heavy atom. The van der Waals surface area contributed by atoms with Crippen molar-refractivity contribution < 1.29 is 9.59 Å². The second-order valence-electron chi connectivity index (χ2n) is 7.32. The fourth-order valence-corrected chi connectivity index (χ4v) is 3.11. The molecule has 4 N–H and O–H groups in total. The van der Waals surface area contributed by atoms with E-state index in [0.717, 1.165) is 11.3 Å². The number of hydrogen-bond donors (Lipinski definition) is 4. The Labute approximate surface area is 187 Å². The van der Waals surface area contributed by atoms with E-state index < -0.39 is 0 Å². The summed E-state index contributed by atoms with van der Waals surface area (Å²) < 4.78 is 0. The Kier molecular flexibility index (Phi) is 7.51. The van der Waals surface area contributed by atoms with Crippen LogP contribution < -0.4 is 21.3 Å². The molecule has 0 heterocycles. The molecule has 0 saturated heterocycles. The summed E-state index contributed by atoms with van der Waals surface area (Å²) in [5.41, 5.74) is 3.61. The quantitative estimate of drug-likeness (QED) is 0.381. The van der Waals surface area contributed by atoms with Crippen molar-refractivity contribution in [3.8, 4) is 0 Å². The van der Waals surface area contributed by atoms with Gasteiger partial charge in [0.2, 0.25) is 0 Å². The monoisotopic (exact) mass is 436 g/mol. The first-order valence-electron chi connectivity index (χ1n) is 9.97. The Hall–Kier alpha value is -3.51. The minimum absolute atomic E-state index is 0.0387. The highest BCUT2D eigenvalue weighted by molar-refractivity contribution is 6.33. The first-order chi connectivity index (χ1) is 14.9. The zero-order chi connectivity index (χ0) is 22.2. The fourth-order valence-electron chi connectivity index (χ4n) is 2.87. The summed E-state index contributed by atoms with van der Waals surface area (Å²) >= 11 is 6.37. The van der Waals surface area contributed by atoms with Gasteiger partial charge >= 0.3 is 6.03 Å². The van der Waals surface area contributed by atoms with Crippen LogP contribution in [-0.4, -0.2) is 18.0 Å². The number of carbonyl (C=O) groups excluding carboxylic acids is 2. The van der Waals surface area contributed by atoms with E-state index in [4.69, 9.17) is 11.6 Å². The summed E-state index contributed by atoms with van der Waals surface area (Å²) in [4.78, 5) is 24.3. The summed E-state index contributed by atoms with van der Waals surface area (Å²) in [6.07, 6.45) is 0. The fraction of sp³-hybridized carbons (Fsp3) is 0.167. The van der Waals surface area contributed by atoms with E-state index >= 15 is 0 Å². The van der Waals surface area contributed by atoms with Crippen LogP contribution in [0.2, 0.25) is 5.02 Å². The maximum absolute atomic E-state index is 12.5. The van der Waals surface area contributed by atoms with E-state index in [1.165, 1.54) is 0 Å². The number of benzene rings is 3. The SMILES string of the molecule is CC(C)NC(=O)Nc1ccc(C(=O)Nc2ccc(NCc3ccccc3)c(Cl)c2)cc1. The number of hydrogen-bond acceptors (Lipinski definition) is 3. The Morgan fingerprint density at radius 2 is 1.55 bits per heavy atom. The van der Waals surface area contributed by atoms with Gasteiger partial charge in [0.15, 0.2) is 0 Å². The van der Waals surface area contributed by atoms with E-state index in [9.17, 15) is 9.59 Å². The van der Waals surface area contributed by atoms with Gasteiger partial charge in [-0.15, -0.1) is 0 Å². The topological polar surface area (TPSA) is 82.3 Å². The van der Waals surface area contributed by atoms with Crippen LogP contribution >= 0.6 is 11.6 Å². The number of carbonyl (C=O) groups is 2. The minimum Gasteiger partial charge on any atom is -0.380 e. The third-order valence-electron chi connectivity index (χ3n) is 4.38. The molecule has 160 valence electrons. The molecule has 3 rings (SSSR count). The van der Waals surface area contributed by atoms with Crippen LogP contribution in [0.25, 0.3) is 0 Å². The number of urea groups is 1. The number of nitrogens with one attached hydrogen (secondary N) is 4.